The third kappa shape index (κ3) is 4.30. The number of nitrogens with one attached hydrogen (secondary N) is 1. The standard InChI is InChI=1S/C13H20BrNO2/c1-9(2)7-15-12(8-16)11-6-10(14)4-5-13(11)17-3/h4-6,9,12,15-16H,7-8H2,1-3H3. The molecular formula is C13H20BrNO2. The molecule has 0 radical (unpaired) electrons. The van der Waals surface area contributed by atoms with E-state index in [1.54, 1.807) is 7.11 Å². The molecule has 0 spiro atoms. The second-order valence-corrected chi connectivity index (χ2v) is 5.34. The Hall–Kier alpha value is -0.580. The average molecular weight is 302 g/mol. The van der Waals surface area contributed by atoms with E-state index < -0.39 is 0 Å². The Morgan fingerprint density at radius 2 is 2.12 bits per heavy atom. The first-order valence-corrected chi connectivity index (χ1v) is 6.55. The summed E-state index contributed by atoms with van der Waals surface area (Å²) in [6, 6.07) is 5.72. The summed E-state index contributed by atoms with van der Waals surface area (Å²) in [6.07, 6.45) is 0. The third-order valence-electron chi connectivity index (χ3n) is 2.52. The van der Waals surface area contributed by atoms with Crippen molar-refractivity contribution in [2.75, 3.05) is 20.3 Å². The van der Waals surface area contributed by atoms with Crippen molar-refractivity contribution in [2.45, 2.75) is 19.9 Å². The van der Waals surface area contributed by atoms with Crippen LogP contribution in [0.5, 0.6) is 5.75 Å². The molecular weight excluding hydrogens is 282 g/mol. The van der Waals surface area contributed by atoms with E-state index in [-0.39, 0.29) is 12.6 Å². The molecule has 3 nitrogen and oxygen atoms in total. The zero-order chi connectivity index (χ0) is 12.8. The SMILES string of the molecule is COc1ccc(Br)cc1C(CO)NCC(C)C. The number of ether oxygens (including phenoxy) is 1. The van der Waals surface area contributed by atoms with Crippen molar-refractivity contribution in [3.05, 3.63) is 28.2 Å². The number of halogens is 1. The number of hydrogen-bond donors (Lipinski definition) is 2. The summed E-state index contributed by atoms with van der Waals surface area (Å²) in [4.78, 5) is 0. The van der Waals surface area contributed by atoms with Gasteiger partial charge in [-0.1, -0.05) is 29.8 Å². The molecule has 0 bridgehead atoms. The quantitative estimate of drug-likeness (QED) is 0.849. The number of methoxy groups -OCH3 is 1. The summed E-state index contributed by atoms with van der Waals surface area (Å²) in [6.45, 7) is 5.19. The van der Waals surface area contributed by atoms with Gasteiger partial charge in [-0.2, -0.15) is 0 Å². The average Bonchev–Trinajstić information content (AvgIpc) is 2.30. The first-order chi connectivity index (χ1) is 8.08. The summed E-state index contributed by atoms with van der Waals surface area (Å²) < 4.78 is 6.30. The van der Waals surface area contributed by atoms with Gasteiger partial charge < -0.3 is 15.2 Å². The van der Waals surface area contributed by atoms with Crippen LogP contribution in [0, 0.1) is 5.92 Å². The lowest BCUT2D eigenvalue weighted by Gasteiger charge is -2.20. The molecule has 1 unspecified atom stereocenters. The van der Waals surface area contributed by atoms with Gasteiger partial charge in [0.15, 0.2) is 0 Å². The number of aliphatic hydroxyl groups excluding tert-OH is 1. The summed E-state index contributed by atoms with van der Waals surface area (Å²) >= 11 is 3.44. The second-order valence-electron chi connectivity index (χ2n) is 4.42. The lowest BCUT2D eigenvalue weighted by molar-refractivity contribution is 0.237. The zero-order valence-corrected chi connectivity index (χ0v) is 12.1. The molecule has 1 aromatic rings. The summed E-state index contributed by atoms with van der Waals surface area (Å²) in [7, 11) is 1.64. The molecule has 1 rings (SSSR count). The monoisotopic (exact) mass is 301 g/mol. The fourth-order valence-electron chi connectivity index (χ4n) is 1.63. The lowest BCUT2D eigenvalue weighted by atomic mass is 10.1. The number of aliphatic hydroxyl groups is 1. The van der Waals surface area contributed by atoms with E-state index in [0.717, 1.165) is 22.3 Å². The predicted octanol–water partition coefficient (Wildman–Crippen LogP) is 2.74. The Bertz CT molecular complexity index is 355. The van der Waals surface area contributed by atoms with Crippen LogP contribution in [0.3, 0.4) is 0 Å². The fourth-order valence-corrected chi connectivity index (χ4v) is 2.01. The highest BCUT2D eigenvalue weighted by Gasteiger charge is 2.15. The van der Waals surface area contributed by atoms with Crippen molar-refractivity contribution in [1.82, 2.24) is 5.32 Å². The molecule has 0 fully saturated rings. The van der Waals surface area contributed by atoms with Gasteiger partial charge in [0.05, 0.1) is 19.8 Å². The minimum atomic E-state index is -0.0927. The summed E-state index contributed by atoms with van der Waals surface area (Å²) in [5.41, 5.74) is 0.977. The molecule has 2 N–H and O–H groups in total. The van der Waals surface area contributed by atoms with Crippen LogP contribution < -0.4 is 10.1 Å². The van der Waals surface area contributed by atoms with Crippen LogP contribution in [0.25, 0.3) is 0 Å². The van der Waals surface area contributed by atoms with Crippen LogP contribution in [-0.4, -0.2) is 25.4 Å². The zero-order valence-electron chi connectivity index (χ0n) is 10.5. The van der Waals surface area contributed by atoms with Gasteiger partial charge in [0.2, 0.25) is 0 Å². The van der Waals surface area contributed by atoms with E-state index in [0.29, 0.717) is 5.92 Å². The molecule has 0 amide bonds. The number of rotatable bonds is 6. The van der Waals surface area contributed by atoms with Crippen molar-refractivity contribution in [2.24, 2.45) is 5.92 Å². The Kier molecular flexibility index (Phi) is 5.95. The van der Waals surface area contributed by atoms with Crippen molar-refractivity contribution >= 4 is 15.9 Å². The van der Waals surface area contributed by atoms with E-state index in [1.165, 1.54) is 0 Å². The van der Waals surface area contributed by atoms with Crippen LogP contribution in [-0.2, 0) is 0 Å². The Balaban J connectivity index is 2.89. The van der Waals surface area contributed by atoms with Crippen LogP contribution in [0.4, 0.5) is 0 Å². The largest absolute Gasteiger partial charge is 0.496 e. The van der Waals surface area contributed by atoms with Gasteiger partial charge in [0, 0.05) is 10.0 Å². The molecule has 0 aliphatic rings. The van der Waals surface area contributed by atoms with Crippen molar-refractivity contribution in [3.8, 4) is 5.75 Å². The number of benzene rings is 1. The minimum absolute atomic E-state index is 0.0551. The Morgan fingerprint density at radius 3 is 2.65 bits per heavy atom. The molecule has 1 aromatic carbocycles. The number of hydrogen-bond acceptors (Lipinski definition) is 3. The molecule has 96 valence electrons. The minimum Gasteiger partial charge on any atom is -0.496 e. The van der Waals surface area contributed by atoms with Gasteiger partial charge in [-0.05, 0) is 30.7 Å². The third-order valence-corrected chi connectivity index (χ3v) is 3.02. The smallest absolute Gasteiger partial charge is 0.123 e. The van der Waals surface area contributed by atoms with Gasteiger partial charge in [0.1, 0.15) is 5.75 Å². The van der Waals surface area contributed by atoms with E-state index in [9.17, 15) is 5.11 Å². The summed E-state index contributed by atoms with van der Waals surface area (Å²) in [5.74, 6) is 1.34. The van der Waals surface area contributed by atoms with Gasteiger partial charge >= 0.3 is 0 Å². The van der Waals surface area contributed by atoms with Gasteiger partial charge in [0.25, 0.3) is 0 Å². The molecule has 0 aliphatic heterocycles. The molecule has 4 heteroatoms. The molecule has 17 heavy (non-hydrogen) atoms. The van der Waals surface area contributed by atoms with Crippen LogP contribution in [0.2, 0.25) is 0 Å². The topological polar surface area (TPSA) is 41.5 Å². The van der Waals surface area contributed by atoms with E-state index in [1.807, 2.05) is 18.2 Å². The molecule has 0 saturated heterocycles. The molecule has 0 aromatic heterocycles. The first-order valence-electron chi connectivity index (χ1n) is 5.76. The van der Waals surface area contributed by atoms with Crippen LogP contribution >= 0.6 is 15.9 Å². The Morgan fingerprint density at radius 1 is 1.41 bits per heavy atom. The maximum absolute atomic E-state index is 9.47. The maximum Gasteiger partial charge on any atom is 0.123 e. The molecule has 0 heterocycles. The molecule has 0 aliphatic carbocycles. The van der Waals surface area contributed by atoms with Gasteiger partial charge in [-0.25, -0.2) is 0 Å². The molecule has 1 atom stereocenters. The van der Waals surface area contributed by atoms with Gasteiger partial charge in [-0.15, -0.1) is 0 Å². The normalized spacial score (nSPS) is 12.8. The van der Waals surface area contributed by atoms with Crippen molar-refractivity contribution in [3.63, 3.8) is 0 Å². The lowest BCUT2D eigenvalue weighted by Crippen LogP contribution is -2.28. The maximum atomic E-state index is 9.47. The highest BCUT2D eigenvalue weighted by Crippen LogP contribution is 2.28. The van der Waals surface area contributed by atoms with Crippen LogP contribution in [0.1, 0.15) is 25.5 Å². The summed E-state index contributed by atoms with van der Waals surface area (Å²) in [5, 5.41) is 12.8. The van der Waals surface area contributed by atoms with E-state index in [2.05, 4.69) is 35.1 Å². The van der Waals surface area contributed by atoms with E-state index in [4.69, 9.17) is 4.74 Å². The highest BCUT2D eigenvalue weighted by molar-refractivity contribution is 9.10. The van der Waals surface area contributed by atoms with Crippen molar-refractivity contribution in [1.29, 1.82) is 0 Å². The van der Waals surface area contributed by atoms with Gasteiger partial charge in [-0.3, -0.25) is 0 Å². The van der Waals surface area contributed by atoms with E-state index >= 15 is 0 Å². The van der Waals surface area contributed by atoms with Crippen LogP contribution in [0.15, 0.2) is 22.7 Å². The second kappa shape index (κ2) is 6.99. The highest BCUT2D eigenvalue weighted by atomic mass is 79.9. The Labute approximate surface area is 111 Å². The fraction of sp³-hybridized carbons (Fsp3) is 0.538. The first kappa shape index (κ1) is 14.5. The predicted molar refractivity (Wildman–Crippen MR) is 73.4 cm³/mol. The molecule has 0 saturated carbocycles. The van der Waals surface area contributed by atoms with Crippen molar-refractivity contribution < 1.29 is 9.84 Å².